The van der Waals surface area contributed by atoms with Gasteiger partial charge in [0.1, 0.15) is 98.7 Å². The number of aliphatic hydroxyl groups is 10. The average Bonchev–Trinajstić information content (AvgIpc) is 0.755. The average molecular weight is 1430 g/mol. The quantitative estimate of drug-likeness (QED) is 0.00673. The van der Waals surface area contributed by atoms with Gasteiger partial charge in [-0.15, -0.1) is 0 Å². The van der Waals surface area contributed by atoms with Crippen molar-refractivity contribution < 1.29 is 117 Å². The van der Waals surface area contributed by atoms with Gasteiger partial charge in [0, 0.05) is 18.9 Å². The first-order valence-electron chi connectivity index (χ1n) is 38.2. The zero-order valence-electron chi connectivity index (χ0n) is 59.8. The monoisotopic (exact) mass is 1420 g/mol. The van der Waals surface area contributed by atoms with Gasteiger partial charge in [-0.3, -0.25) is 18.6 Å². The molecule has 2 heterocycles. The standard InChI is InChI=1S/C73H133O24P/c1-4-7-10-13-16-19-22-25-27-29-31-34-37-40-43-46-49-59(77)92-54(51-89-57(75)47-44-41-38-35-32-24-21-18-15-12-9-6-3)52-91-98(87,88)97-71-69(95-72-67(85)62(80)60(78)55(50-74)93-72)65(83)64(82)66(84)70(71)96-73-68(86)63(81)61(79)56(94-73)53-90-58(76)48-45-42-39-36-33-30-28-26-23-20-17-14-11-8-5-2/h39,42,45,48,54-56,60-74,78-86H,4-38,40-41,43-44,46-47,49-53H2,1-3H3,(H,87,88)/b42-39+,48-45+. The number of esters is 3. The van der Waals surface area contributed by atoms with E-state index in [1.165, 1.54) is 160 Å². The van der Waals surface area contributed by atoms with Gasteiger partial charge in [0.25, 0.3) is 0 Å². The van der Waals surface area contributed by atoms with E-state index in [1.54, 1.807) is 6.08 Å². The lowest BCUT2D eigenvalue weighted by atomic mass is 9.84. The summed E-state index contributed by atoms with van der Waals surface area (Å²) in [5.41, 5.74) is 0. The van der Waals surface area contributed by atoms with Crippen LogP contribution < -0.4 is 0 Å². The van der Waals surface area contributed by atoms with Gasteiger partial charge in [0.05, 0.1) is 13.2 Å². The predicted molar refractivity (Wildman–Crippen MR) is 370 cm³/mol. The van der Waals surface area contributed by atoms with Crippen LogP contribution in [-0.2, 0) is 61.2 Å². The van der Waals surface area contributed by atoms with Crippen LogP contribution in [0.1, 0.15) is 290 Å². The first kappa shape index (κ1) is 89.7. The lowest BCUT2D eigenvalue weighted by Gasteiger charge is -2.49. The van der Waals surface area contributed by atoms with Crippen LogP contribution in [0, 0.1) is 0 Å². The number of carbonyl (C=O) groups is 3. The Hall–Kier alpha value is -2.56. The zero-order chi connectivity index (χ0) is 71.8. The van der Waals surface area contributed by atoms with Crippen LogP contribution in [0.5, 0.6) is 0 Å². The minimum atomic E-state index is -5.70. The first-order valence-corrected chi connectivity index (χ1v) is 39.7. The molecule has 0 radical (unpaired) electrons. The maximum absolute atomic E-state index is 14.3. The Kier molecular flexibility index (Phi) is 50.3. The molecule has 3 rings (SSSR count). The van der Waals surface area contributed by atoms with E-state index in [0.29, 0.717) is 12.8 Å². The fourth-order valence-electron chi connectivity index (χ4n) is 12.6. The summed E-state index contributed by atoms with van der Waals surface area (Å²) in [5.74, 6) is -2.21. The molecule has 25 heteroatoms. The van der Waals surface area contributed by atoms with Crippen molar-refractivity contribution in [1.82, 2.24) is 0 Å². The summed E-state index contributed by atoms with van der Waals surface area (Å²) in [7, 11) is -5.70. The summed E-state index contributed by atoms with van der Waals surface area (Å²) in [4.78, 5) is 50.9. The second-order valence-electron chi connectivity index (χ2n) is 27.4. The highest BCUT2D eigenvalue weighted by Crippen LogP contribution is 2.49. The van der Waals surface area contributed by atoms with Crippen molar-refractivity contribution in [3.8, 4) is 0 Å². The summed E-state index contributed by atoms with van der Waals surface area (Å²) < 4.78 is 64.8. The van der Waals surface area contributed by atoms with Crippen LogP contribution in [-0.4, -0.2) is 204 Å². The van der Waals surface area contributed by atoms with Crippen LogP contribution in [0.15, 0.2) is 24.3 Å². The molecule has 574 valence electrons. The van der Waals surface area contributed by atoms with Crippen molar-refractivity contribution >= 4 is 25.7 Å². The van der Waals surface area contributed by atoms with Crippen molar-refractivity contribution in [2.45, 2.75) is 395 Å². The van der Waals surface area contributed by atoms with Gasteiger partial charge in [-0.2, -0.15) is 0 Å². The van der Waals surface area contributed by atoms with E-state index in [4.69, 9.17) is 42.2 Å². The summed E-state index contributed by atoms with van der Waals surface area (Å²) in [6.07, 6.45) is 15.9. The molecule has 98 heavy (non-hydrogen) atoms. The van der Waals surface area contributed by atoms with Crippen LogP contribution in [0.2, 0.25) is 0 Å². The number of unbranched alkanes of at least 4 members (excludes halogenated alkanes) is 37. The van der Waals surface area contributed by atoms with Crippen LogP contribution in [0.3, 0.4) is 0 Å². The van der Waals surface area contributed by atoms with E-state index >= 15 is 0 Å². The van der Waals surface area contributed by atoms with E-state index in [9.17, 15) is 74.9 Å². The van der Waals surface area contributed by atoms with Gasteiger partial charge < -0.3 is 89.1 Å². The number of allylic oxidation sites excluding steroid dienone is 3. The van der Waals surface area contributed by atoms with Crippen LogP contribution in [0.25, 0.3) is 0 Å². The van der Waals surface area contributed by atoms with Crippen molar-refractivity contribution in [2.75, 3.05) is 26.4 Å². The highest BCUT2D eigenvalue weighted by molar-refractivity contribution is 7.47. The molecule has 24 nitrogen and oxygen atoms in total. The maximum Gasteiger partial charge on any atom is 0.472 e. The number of hydrogen-bond donors (Lipinski definition) is 11. The van der Waals surface area contributed by atoms with Crippen LogP contribution in [0.4, 0.5) is 0 Å². The minimum Gasteiger partial charge on any atom is -0.462 e. The largest absolute Gasteiger partial charge is 0.472 e. The van der Waals surface area contributed by atoms with Gasteiger partial charge in [-0.25, -0.2) is 9.36 Å². The number of hydrogen-bond acceptors (Lipinski definition) is 23. The zero-order valence-corrected chi connectivity index (χ0v) is 60.7. The molecule has 3 aliphatic rings. The Morgan fingerprint density at radius 2 is 0.786 bits per heavy atom. The van der Waals surface area contributed by atoms with Gasteiger partial charge in [-0.1, -0.05) is 270 Å². The molecule has 18 unspecified atom stereocenters. The lowest BCUT2D eigenvalue weighted by Crippen LogP contribution is -2.69. The topological polar surface area (TPSA) is 374 Å². The normalized spacial score (nSPS) is 27.7. The number of phosphoric ester groups is 1. The summed E-state index contributed by atoms with van der Waals surface area (Å²) in [6.45, 7) is 3.37. The Morgan fingerprint density at radius 3 is 1.20 bits per heavy atom. The number of phosphoric acid groups is 1. The highest BCUT2D eigenvalue weighted by atomic mass is 31.2. The van der Waals surface area contributed by atoms with Crippen molar-refractivity contribution in [3.63, 3.8) is 0 Å². The van der Waals surface area contributed by atoms with Gasteiger partial charge >= 0.3 is 25.7 Å². The van der Waals surface area contributed by atoms with Gasteiger partial charge in [0.15, 0.2) is 18.7 Å². The van der Waals surface area contributed by atoms with Crippen molar-refractivity contribution in [1.29, 1.82) is 0 Å². The molecule has 18 atom stereocenters. The minimum absolute atomic E-state index is 0.0382. The summed E-state index contributed by atoms with van der Waals surface area (Å²) >= 11 is 0. The van der Waals surface area contributed by atoms with E-state index < -0.39 is 156 Å². The molecule has 3 fully saturated rings. The molecule has 11 N–H and O–H groups in total. The molecule has 0 bridgehead atoms. The van der Waals surface area contributed by atoms with Crippen LogP contribution >= 0.6 is 7.82 Å². The fourth-order valence-corrected chi connectivity index (χ4v) is 13.6. The number of rotatable bonds is 59. The highest BCUT2D eigenvalue weighted by Gasteiger charge is 2.58. The fraction of sp³-hybridized carbons (Fsp3) is 0.904. The number of aliphatic hydroxyl groups excluding tert-OH is 10. The maximum atomic E-state index is 14.3. The van der Waals surface area contributed by atoms with E-state index in [0.717, 1.165) is 96.0 Å². The molecule has 1 saturated carbocycles. The molecular weight excluding hydrogens is 1290 g/mol. The van der Waals surface area contributed by atoms with E-state index in [1.807, 2.05) is 6.08 Å². The van der Waals surface area contributed by atoms with Crippen molar-refractivity contribution in [3.05, 3.63) is 24.3 Å². The molecule has 2 saturated heterocycles. The van der Waals surface area contributed by atoms with Gasteiger partial charge in [-0.05, 0) is 25.7 Å². The number of carbonyl (C=O) groups excluding carboxylic acids is 3. The Balaban J connectivity index is 1.74. The molecule has 0 spiro atoms. The molecule has 0 aromatic heterocycles. The third-order valence-electron chi connectivity index (χ3n) is 18.8. The third kappa shape index (κ3) is 37.7. The Morgan fingerprint density at radius 1 is 0.418 bits per heavy atom. The predicted octanol–water partition coefficient (Wildman–Crippen LogP) is 10.5. The SMILES string of the molecule is CCCCCCCCCCCCC/C=C/C=C/C(=O)OCC1OC(OC2C(O)C(O)C(O)C(OC3OC(CO)C(O)C(O)C3O)C2OP(=O)(O)OCC(COC(=O)CCCCCCCCCCCCCC)OC(=O)CCCCCCCCCCCCCCCCCC)C(O)C(O)C1O. The first-order chi connectivity index (χ1) is 47.3. The van der Waals surface area contributed by atoms with Gasteiger partial charge in [0.2, 0.25) is 0 Å². The molecule has 0 aromatic rings. The number of ether oxygens (including phenoxy) is 7. The summed E-state index contributed by atoms with van der Waals surface area (Å²) in [6, 6.07) is 0. The third-order valence-corrected chi connectivity index (χ3v) is 19.8. The Bertz CT molecular complexity index is 2120. The molecule has 1 aliphatic carbocycles. The van der Waals surface area contributed by atoms with E-state index in [-0.39, 0.29) is 12.8 Å². The molecule has 2 aliphatic heterocycles. The lowest BCUT2D eigenvalue weighted by molar-refractivity contribution is -0.360. The Labute approximate surface area is 585 Å². The second-order valence-corrected chi connectivity index (χ2v) is 28.9. The summed E-state index contributed by atoms with van der Waals surface area (Å²) in [5, 5.41) is 110. The molecule has 0 amide bonds. The smallest absolute Gasteiger partial charge is 0.462 e. The molecule has 0 aromatic carbocycles. The van der Waals surface area contributed by atoms with Crippen molar-refractivity contribution in [2.24, 2.45) is 0 Å². The molecular formula is C73H133O24P. The van der Waals surface area contributed by atoms with E-state index in [2.05, 4.69) is 20.8 Å². The second kappa shape index (κ2) is 55.0.